The van der Waals surface area contributed by atoms with Crippen molar-refractivity contribution in [3.05, 3.63) is 33.3 Å². The van der Waals surface area contributed by atoms with E-state index in [1.807, 2.05) is 0 Å². The van der Waals surface area contributed by atoms with Crippen molar-refractivity contribution >= 4 is 33.4 Å². The van der Waals surface area contributed by atoms with Crippen LogP contribution in [-0.2, 0) is 0 Å². The minimum atomic E-state index is -0.483. The number of hydrogen-bond acceptors (Lipinski definition) is 2. The number of hydrogen-bond donors (Lipinski definition) is 2. The highest BCUT2D eigenvalue weighted by Crippen LogP contribution is 2.32. The van der Waals surface area contributed by atoms with Gasteiger partial charge in [-0.25, -0.2) is 0 Å². The van der Waals surface area contributed by atoms with E-state index in [1.165, 1.54) is 0 Å². The van der Waals surface area contributed by atoms with Gasteiger partial charge in [-0.05, 0) is 65.7 Å². The number of amides is 1. The summed E-state index contributed by atoms with van der Waals surface area (Å²) in [6, 6.07) is 5.12. The molecule has 0 atom stereocenters. The molecule has 0 aromatic heterocycles. The molecule has 110 valence electrons. The number of carbonyl (C=O) groups excluding carboxylic acids is 1. The van der Waals surface area contributed by atoms with E-state index in [0.717, 1.165) is 30.2 Å². The highest BCUT2D eigenvalue weighted by atomic mass is 79.9. The van der Waals surface area contributed by atoms with Crippen LogP contribution in [0.3, 0.4) is 0 Å². The van der Waals surface area contributed by atoms with Crippen LogP contribution in [-0.4, -0.2) is 23.2 Å². The topological polar surface area (TPSA) is 49.3 Å². The van der Waals surface area contributed by atoms with Crippen LogP contribution in [0.4, 0.5) is 0 Å². The Kier molecular flexibility index (Phi) is 5.10. The molecule has 1 saturated carbocycles. The summed E-state index contributed by atoms with van der Waals surface area (Å²) in [7, 11) is 0. The standard InChI is InChI=1S/C15H19BrClNO2/c1-10-4-6-15(9-19,7-5-10)18-14(20)11-2-3-12(16)13(17)8-11/h2-3,8,10,19H,4-7,9H2,1H3,(H,18,20). The number of carbonyl (C=O) groups is 1. The zero-order chi connectivity index (χ0) is 14.8. The Bertz CT molecular complexity index is 499. The summed E-state index contributed by atoms with van der Waals surface area (Å²) in [6.07, 6.45) is 3.70. The first-order chi connectivity index (χ1) is 9.46. The molecule has 0 aliphatic heterocycles. The van der Waals surface area contributed by atoms with Crippen LogP contribution in [0, 0.1) is 5.92 Å². The van der Waals surface area contributed by atoms with Crippen LogP contribution in [0.2, 0.25) is 5.02 Å². The number of aliphatic hydroxyl groups excluding tert-OH is 1. The van der Waals surface area contributed by atoms with Crippen LogP contribution in [0.25, 0.3) is 0 Å². The molecule has 1 aliphatic rings. The molecule has 20 heavy (non-hydrogen) atoms. The zero-order valence-electron chi connectivity index (χ0n) is 11.5. The average Bonchev–Trinajstić information content (AvgIpc) is 2.44. The molecular formula is C15H19BrClNO2. The van der Waals surface area contributed by atoms with Crippen LogP contribution < -0.4 is 5.32 Å². The van der Waals surface area contributed by atoms with E-state index >= 15 is 0 Å². The third-order valence-electron chi connectivity index (χ3n) is 4.09. The Labute approximate surface area is 132 Å². The third kappa shape index (κ3) is 3.54. The van der Waals surface area contributed by atoms with Crippen LogP contribution in [0.15, 0.2) is 22.7 Å². The van der Waals surface area contributed by atoms with Crippen molar-refractivity contribution in [1.82, 2.24) is 5.32 Å². The number of halogens is 2. The molecule has 1 aromatic carbocycles. The summed E-state index contributed by atoms with van der Waals surface area (Å²) in [6.45, 7) is 2.19. The molecule has 1 amide bonds. The molecule has 0 radical (unpaired) electrons. The summed E-state index contributed by atoms with van der Waals surface area (Å²) >= 11 is 9.32. The van der Waals surface area contributed by atoms with E-state index in [9.17, 15) is 9.90 Å². The van der Waals surface area contributed by atoms with E-state index in [2.05, 4.69) is 28.2 Å². The second-order valence-corrected chi connectivity index (χ2v) is 6.97. The molecule has 1 aromatic rings. The molecule has 0 unspecified atom stereocenters. The van der Waals surface area contributed by atoms with E-state index in [-0.39, 0.29) is 12.5 Å². The molecule has 5 heteroatoms. The lowest BCUT2D eigenvalue weighted by Crippen LogP contribution is -2.53. The number of nitrogens with one attached hydrogen (secondary N) is 1. The van der Waals surface area contributed by atoms with Crippen molar-refractivity contribution in [3.63, 3.8) is 0 Å². The van der Waals surface area contributed by atoms with Crippen LogP contribution >= 0.6 is 27.5 Å². The Balaban J connectivity index is 2.11. The molecule has 1 aliphatic carbocycles. The minimum absolute atomic E-state index is 0.0181. The van der Waals surface area contributed by atoms with Gasteiger partial charge in [-0.3, -0.25) is 4.79 Å². The summed E-state index contributed by atoms with van der Waals surface area (Å²) in [5.41, 5.74) is 0.0352. The number of aliphatic hydroxyl groups is 1. The molecule has 3 nitrogen and oxygen atoms in total. The van der Waals surface area contributed by atoms with Gasteiger partial charge in [0.1, 0.15) is 0 Å². The minimum Gasteiger partial charge on any atom is -0.394 e. The van der Waals surface area contributed by atoms with Crippen molar-refractivity contribution < 1.29 is 9.90 Å². The quantitative estimate of drug-likeness (QED) is 0.862. The highest BCUT2D eigenvalue weighted by Gasteiger charge is 2.35. The second-order valence-electron chi connectivity index (χ2n) is 5.70. The van der Waals surface area contributed by atoms with E-state index in [0.29, 0.717) is 16.5 Å². The lowest BCUT2D eigenvalue weighted by Gasteiger charge is -2.38. The first-order valence-electron chi connectivity index (χ1n) is 6.84. The van der Waals surface area contributed by atoms with Gasteiger partial charge in [0.25, 0.3) is 5.91 Å². The molecule has 0 heterocycles. The Morgan fingerprint density at radius 1 is 1.50 bits per heavy atom. The molecule has 1 fully saturated rings. The van der Waals surface area contributed by atoms with Gasteiger partial charge in [0, 0.05) is 10.0 Å². The first kappa shape index (κ1) is 15.8. The largest absolute Gasteiger partial charge is 0.394 e. The van der Waals surface area contributed by atoms with Gasteiger partial charge in [0.05, 0.1) is 17.2 Å². The molecule has 2 rings (SSSR count). The van der Waals surface area contributed by atoms with Crippen molar-refractivity contribution in [1.29, 1.82) is 0 Å². The summed E-state index contributed by atoms with van der Waals surface area (Å²) in [5, 5.41) is 13.2. The van der Waals surface area contributed by atoms with Gasteiger partial charge >= 0.3 is 0 Å². The Morgan fingerprint density at radius 2 is 2.15 bits per heavy atom. The van der Waals surface area contributed by atoms with E-state index in [1.54, 1.807) is 18.2 Å². The monoisotopic (exact) mass is 359 g/mol. The molecule has 2 N–H and O–H groups in total. The fourth-order valence-corrected chi connectivity index (χ4v) is 3.01. The Morgan fingerprint density at radius 3 is 2.70 bits per heavy atom. The maximum absolute atomic E-state index is 12.3. The smallest absolute Gasteiger partial charge is 0.251 e. The van der Waals surface area contributed by atoms with Gasteiger partial charge in [-0.1, -0.05) is 18.5 Å². The fourth-order valence-electron chi connectivity index (χ4n) is 2.59. The van der Waals surface area contributed by atoms with Crippen molar-refractivity contribution in [2.24, 2.45) is 5.92 Å². The average molecular weight is 361 g/mol. The van der Waals surface area contributed by atoms with Gasteiger partial charge in [-0.15, -0.1) is 0 Å². The maximum Gasteiger partial charge on any atom is 0.251 e. The highest BCUT2D eigenvalue weighted by molar-refractivity contribution is 9.10. The number of benzene rings is 1. The van der Waals surface area contributed by atoms with E-state index in [4.69, 9.17) is 11.6 Å². The summed E-state index contributed by atoms with van der Waals surface area (Å²) in [5.74, 6) is 0.483. The maximum atomic E-state index is 12.3. The predicted octanol–water partition coefficient (Wildman–Crippen LogP) is 3.77. The van der Waals surface area contributed by atoms with E-state index < -0.39 is 5.54 Å². The lowest BCUT2D eigenvalue weighted by atomic mass is 9.77. The zero-order valence-corrected chi connectivity index (χ0v) is 13.8. The molecule has 0 bridgehead atoms. The second kappa shape index (κ2) is 6.46. The van der Waals surface area contributed by atoms with Crippen molar-refractivity contribution in [2.45, 2.75) is 38.1 Å². The normalized spacial score (nSPS) is 26.3. The Hall–Kier alpha value is -0.580. The van der Waals surface area contributed by atoms with Gasteiger partial charge < -0.3 is 10.4 Å². The van der Waals surface area contributed by atoms with Crippen molar-refractivity contribution in [2.75, 3.05) is 6.61 Å². The predicted molar refractivity (Wildman–Crippen MR) is 84.1 cm³/mol. The lowest BCUT2D eigenvalue weighted by molar-refractivity contribution is 0.0717. The van der Waals surface area contributed by atoms with Crippen LogP contribution in [0.1, 0.15) is 43.0 Å². The van der Waals surface area contributed by atoms with Gasteiger partial charge in [-0.2, -0.15) is 0 Å². The first-order valence-corrected chi connectivity index (χ1v) is 8.01. The third-order valence-corrected chi connectivity index (χ3v) is 5.33. The molecule has 0 spiro atoms. The summed E-state index contributed by atoms with van der Waals surface area (Å²) in [4.78, 5) is 12.3. The molecular weight excluding hydrogens is 342 g/mol. The summed E-state index contributed by atoms with van der Waals surface area (Å²) < 4.78 is 0.763. The SMILES string of the molecule is CC1CCC(CO)(NC(=O)c2ccc(Br)c(Cl)c2)CC1. The van der Waals surface area contributed by atoms with Crippen LogP contribution in [0.5, 0.6) is 0 Å². The number of rotatable bonds is 3. The van der Waals surface area contributed by atoms with Gasteiger partial charge in [0.2, 0.25) is 0 Å². The van der Waals surface area contributed by atoms with Gasteiger partial charge in [0.15, 0.2) is 0 Å². The van der Waals surface area contributed by atoms with Crippen molar-refractivity contribution in [3.8, 4) is 0 Å². The molecule has 0 saturated heterocycles. The fraction of sp³-hybridized carbons (Fsp3) is 0.533.